The topological polar surface area (TPSA) is 59.6 Å². The van der Waals surface area contributed by atoms with Crippen LogP contribution in [0.4, 0.5) is 4.39 Å². The van der Waals surface area contributed by atoms with Crippen molar-refractivity contribution in [1.82, 2.24) is 10.6 Å². The average Bonchev–Trinajstić information content (AvgIpc) is 3.19. The molecule has 1 fully saturated rings. The molecule has 2 aromatic rings. The van der Waals surface area contributed by atoms with Crippen molar-refractivity contribution in [1.29, 1.82) is 0 Å². The third-order valence-corrected chi connectivity index (χ3v) is 4.83. The maximum atomic E-state index is 14.0. The molecule has 27 heavy (non-hydrogen) atoms. The zero-order valence-corrected chi connectivity index (χ0v) is 15.6. The molecule has 1 aliphatic rings. The number of benzene rings is 2. The number of nitrogens with one attached hydrogen (secondary N) is 2. The summed E-state index contributed by atoms with van der Waals surface area (Å²) in [4.78, 5) is 12.7. The zero-order chi connectivity index (χ0) is 19.2. The van der Waals surface area contributed by atoms with Crippen LogP contribution in [0.15, 0.2) is 42.5 Å². The Labute approximate surface area is 158 Å². The molecule has 5 nitrogen and oxygen atoms in total. The van der Waals surface area contributed by atoms with Crippen molar-refractivity contribution in [3.63, 3.8) is 0 Å². The highest BCUT2D eigenvalue weighted by atomic mass is 19.1. The molecule has 2 aromatic carbocycles. The second-order valence-corrected chi connectivity index (χ2v) is 6.66. The molecule has 0 aliphatic carbocycles. The number of carbonyl (C=O) groups excluding carboxylic acids is 1. The van der Waals surface area contributed by atoms with Crippen molar-refractivity contribution in [2.24, 2.45) is 0 Å². The molecule has 1 heterocycles. The van der Waals surface area contributed by atoms with Crippen LogP contribution in [-0.2, 0) is 4.79 Å². The molecular weight excluding hydrogens is 347 g/mol. The summed E-state index contributed by atoms with van der Waals surface area (Å²) in [5, 5.41) is 6.37. The van der Waals surface area contributed by atoms with E-state index < -0.39 is 6.04 Å². The van der Waals surface area contributed by atoms with Crippen LogP contribution < -0.4 is 20.1 Å². The van der Waals surface area contributed by atoms with E-state index in [1.165, 1.54) is 19.2 Å². The Morgan fingerprint density at radius 1 is 1.26 bits per heavy atom. The quantitative estimate of drug-likeness (QED) is 0.784. The third kappa shape index (κ3) is 4.77. The van der Waals surface area contributed by atoms with Gasteiger partial charge in [-0.15, -0.1) is 0 Å². The van der Waals surface area contributed by atoms with E-state index in [2.05, 4.69) is 10.6 Å². The minimum Gasteiger partial charge on any atom is -0.497 e. The highest BCUT2D eigenvalue weighted by Crippen LogP contribution is 2.32. The highest BCUT2D eigenvalue weighted by Gasteiger charge is 2.24. The van der Waals surface area contributed by atoms with Gasteiger partial charge in [0.15, 0.2) is 0 Å². The summed E-state index contributed by atoms with van der Waals surface area (Å²) in [7, 11) is 3.12. The van der Waals surface area contributed by atoms with Gasteiger partial charge in [0.2, 0.25) is 5.91 Å². The maximum absolute atomic E-state index is 14.0. The van der Waals surface area contributed by atoms with Crippen LogP contribution in [0.2, 0.25) is 0 Å². The maximum Gasteiger partial charge on any atom is 0.222 e. The third-order valence-electron chi connectivity index (χ3n) is 4.83. The normalized spacial score (nSPS) is 17.4. The van der Waals surface area contributed by atoms with Crippen molar-refractivity contribution in [2.45, 2.75) is 31.3 Å². The van der Waals surface area contributed by atoms with Crippen molar-refractivity contribution in [3.8, 4) is 11.5 Å². The Morgan fingerprint density at radius 2 is 2.11 bits per heavy atom. The summed E-state index contributed by atoms with van der Waals surface area (Å²) in [5.41, 5.74) is 1.37. The molecule has 2 atom stereocenters. The standard InChI is InChI=1S/C21H25FN2O3/c1-26-17-7-3-5-14(11-17)21(18-12-15(22)8-9-19(18)27-2)24-20(25)13-16-6-4-10-23-16/h3,5,7-9,11-12,16,21,23H,4,6,10,13H2,1-2H3,(H,24,25). The number of hydrogen-bond donors (Lipinski definition) is 2. The number of carbonyl (C=O) groups is 1. The van der Waals surface area contributed by atoms with Crippen molar-refractivity contribution < 1.29 is 18.7 Å². The first kappa shape index (κ1) is 19.2. The van der Waals surface area contributed by atoms with Crippen LogP contribution in [0.25, 0.3) is 0 Å². The Bertz CT molecular complexity index is 791. The van der Waals surface area contributed by atoms with Gasteiger partial charge in [0.05, 0.1) is 20.3 Å². The molecule has 0 saturated carbocycles. The molecule has 6 heteroatoms. The van der Waals surface area contributed by atoms with Crippen LogP contribution in [0.3, 0.4) is 0 Å². The predicted octanol–water partition coefficient (Wildman–Crippen LogP) is 3.19. The Morgan fingerprint density at radius 3 is 2.81 bits per heavy atom. The van der Waals surface area contributed by atoms with E-state index in [0.29, 0.717) is 23.5 Å². The van der Waals surface area contributed by atoms with Crippen molar-refractivity contribution in [3.05, 3.63) is 59.4 Å². The molecule has 2 N–H and O–H groups in total. The van der Waals surface area contributed by atoms with Crippen LogP contribution in [-0.4, -0.2) is 32.7 Å². The van der Waals surface area contributed by atoms with E-state index in [1.807, 2.05) is 24.3 Å². The highest BCUT2D eigenvalue weighted by molar-refractivity contribution is 5.78. The first-order valence-electron chi connectivity index (χ1n) is 9.11. The van der Waals surface area contributed by atoms with Gasteiger partial charge in [-0.1, -0.05) is 12.1 Å². The second kappa shape index (κ2) is 8.86. The minimum atomic E-state index is -0.542. The Balaban J connectivity index is 1.93. The predicted molar refractivity (Wildman–Crippen MR) is 102 cm³/mol. The summed E-state index contributed by atoms with van der Waals surface area (Å²) < 4.78 is 24.7. The van der Waals surface area contributed by atoms with E-state index >= 15 is 0 Å². The smallest absolute Gasteiger partial charge is 0.222 e. The van der Waals surface area contributed by atoms with Crippen LogP contribution >= 0.6 is 0 Å². The zero-order valence-electron chi connectivity index (χ0n) is 15.6. The largest absolute Gasteiger partial charge is 0.497 e. The molecule has 144 valence electrons. The second-order valence-electron chi connectivity index (χ2n) is 6.66. The molecule has 2 unspecified atom stereocenters. The van der Waals surface area contributed by atoms with Gasteiger partial charge in [0, 0.05) is 18.0 Å². The summed E-state index contributed by atoms with van der Waals surface area (Å²) in [5.74, 6) is 0.710. The molecule has 0 radical (unpaired) electrons. The SMILES string of the molecule is COc1cccc(C(NC(=O)CC2CCCN2)c2cc(F)ccc2OC)c1. The summed E-state index contributed by atoms with van der Waals surface area (Å²) >= 11 is 0. The van der Waals surface area contributed by atoms with Crippen LogP contribution in [0.1, 0.15) is 36.4 Å². The molecule has 1 saturated heterocycles. The number of methoxy groups -OCH3 is 2. The minimum absolute atomic E-state index is 0.0893. The van der Waals surface area contributed by atoms with Gasteiger partial charge >= 0.3 is 0 Å². The molecule has 3 rings (SSSR count). The molecule has 1 amide bonds. The summed E-state index contributed by atoms with van der Waals surface area (Å²) in [6.45, 7) is 0.939. The molecular formula is C21H25FN2O3. The first-order chi connectivity index (χ1) is 13.1. The summed E-state index contributed by atoms with van der Waals surface area (Å²) in [6, 6.07) is 11.3. The number of hydrogen-bond acceptors (Lipinski definition) is 4. The monoisotopic (exact) mass is 372 g/mol. The van der Waals surface area contributed by atoms with E-state index in [4.69, 9.17) is 9.47 Å². The van der Waals surface area contributed by atoms with Gasteiger partial charge in [0.25, 0.3) is 0 Å². The van der Waals surface area contributed by atoms with Gasteiger partial charge in [-0.2, -0.15) is 0 Å². The van der Waals surface area contributed by atoms with Gasteiger partial charge in [-0.25, -0.2) is 4.39 Å². The fourth-order valence-corrected chi connectivity index (χ4v) is 3.47. The lowest BCUT2D eigenvalue weighted by Crippen LogP contribution is -2.34. The molecule has 0 aromatic heterocycles. The van der Waals surface area contributed by atoms with Crippen molar-refractivity contribution in [2.75, 3.05) is 20.8 Å². The molecule has 1 aliphatic heterocycles. The fourth-order valence-electron chi connectivity index (χ4n) is 3.47. The Hall–Kier alpha value is -2.60. The van der Waals surface area contributed by atoms with Gasteiger partial charge in [0.1, 0.15) is 17.3 Å². The van der Waals surface area contributed by atoms with Gasteiger partial charge < -0.3 is 20.1 Å². The van der Waals surface area contributed by atoms with Gasteiger partial charge in [-0.05, 0) is 55.3 Å². The lowest BCUT2D eigenvalue weighted by atomic mass is 9.96. The lowest BCUT2D eigenvalue weighted by Gasteiger charge is -2.23. The molecule has 0 spiro atoms. The number of amides is 1. The number of halogens is 1. The van der Waals surface area contributed by atoms with E-state index in [9.17, 15) is 9.18 Å². The van der Waals surface area contributed by atoms with Crippen LogP contribution in [0.5, 0.6) is 11.5 Å². The van der Waals surface area contributed by atoms with Crippen LogP contribution in [0, 0.1) is 5.82 Å². The average molecular weight is 372 g/mol. The Kier molecular flexibility index (Phi) is 6.29. The van der Waals surface area contributed by atoms with E-state index in [1.54, 1.807) is 13.2 Å². The lowest BCUT2D eigenvalue weighted by molar-refractivity contribution is -0.122. The van der Waals surface area contributed by atoms with E-state index in [-0.39, 0.29) is 17.8 Å². The van der Waals surface area contributed by atoms with E-state index in [0.717, 1.165) is 24.9 Å². The van der Waals surface area contributed by atoms with Crippen molar-refractivity contribution >= 4 is 5.91 Å². The van der Waals surface area contributed by atoms with Gasteiger partial charge in [-0.3, -0.25) is 4.79 Å². The first-order valence-corrected chi connectivity index (χ1v) is 9.11. The summed E-state index contributed by atoms with van der Waals surface area (Å²) in [6.07, 6.45) is 2.45. The number of rotatable bonds is 7. The molecule has 0 bridgehead atoms. The number of ether oxygens (including phenoxy) is 2. The fraction of sp³-hybridized carbons (Fsp3) is 0.381.